The molecule has 2 aliphatic rings. The molecule has 2 atom stereocenters. The van der Waals surface area contributed by atoms with Crippen molar-refractivity contribution in [2.75, 3.05) is 6.54 Å². The van der Waals surface area contributed by atoms with E-state index in [-0.39, 0.29) is 18.2 Å². The number of nitrogens with one attached hydrogen (secondary N) is 1. The van der Waals surface area contributed by atoms with E-state index in [4.69, 9.17) is 4.74 Å². The first-order valence-electron chi connectivity index (χ1n) is 8.18. The van der Waals surface area contributed by atoms with Crippen molar-refractivity contribution in [2.45, 2.75) is 89.6 Å². The van der Waals surface area contributed by atoms with E-state index >= 15 is 0 Å². The Morgan fingerprint density at radius 3 is 2.67 bits per heavy atom. The van der Waals surface area contributed by atoms with Gasteiger partial charge in [-0.2, -0.15) is 0 Å². The highest BCUT2D eigenvalue weighted by atomic mass is 16.6. The number of nitrogens with zero attached hydrogens (tertiary/aromatic N) is 1. The molecule has 2 unspecified atom stereocenters. The minimum absolute atomic E-state index is 0.126. The van der Waals surface area contributed by atoms with Crippen molar-refractivity contribution in [3.05, 3.63) is 0 Å². The Morgan fingerprint density at radius 2 is 2.10 bits per heavy atom. The molecule has 1 aliphatic heterocycles. The molecule has 1 heterocycles. The van der Waals surface area contributed by atoms with Gasteiger partial charge in [0.2, 0.25) is 0 Å². The van der Waals surface area contributed by atoms with E-state index in [0.717, 1.165) is 38.6 Å². The molecule has 0 aromatic heterocycles. The van der Waals surface area contributed by atoms with E-state index in [1.54, 1.807) is 0 Å². The first-order valence-corrected chi connectivity index (χ1v) is 8.18. The van der Waals surface area contributed by atoms with E-state index in [1.165, 1.54) is 0 Å². The second-order valence-corrected chi connectivity index (χ2v) is 7.60. The number of carbonyl (C=O) groups excluding carboxylic acids is 1. The van der Waals surface area contributed by atoms with Gasteiger partial charge in [0.15, 0.2) is 0 Å². The molecule has 21 heavy (non-hydrogen) atoms. The number of amides is 1. The van der Waals surface area contributed by atoms with Gasteiger partial charge in [0.1, 0.15) is 5.60 Å². The van der Waals surface area contributed by atoms with Crippen LogP contribution in [0.1, 0.15) is 59.8 Å². The zero-order valence-electron chi connectivity index (χ0n) is 13.8. The maximum atomic E-state index is 12.2. The molecular weight excluding hydrogens is 268 g/mol. The smallest absolute Gasteiger partial charge is 0.410 e. The van der Waals surface area contributed by atoms with E-state index < -0.39 is 5.60 Å². The molecule has 2 fully saturated rings. The van der Waals surface area contributed by atoms with E-state index in [0.29, 0.717) is 12.1 Å². The van der Waals surface area contributed by atoms with Gasteiger partial charge < -0.3 is 20.1 Å². The van der Waals surface area contributed by atoms with Crippen molar-refractivity contribution in [1.29, 1.82) is 0 Å². The van der Waals surface area contributed by atoms with Crippen LogP contribution in [0.25, 0.3) is 0 Å². The Bertz CT molecular complexity index is 361. The lowest BCUT2D eigenvalue weighted by atomic mass is 9.88. The average molecular weight is 298 g/mol. The fourth-order valence-electron chi connectivity index (χ4n) is 3.24. The summed E-state index contributed by atoms with van der Waals surface area (Å²) in [6.07, 6.45) is 4.45. The molecule has 0 radical (unpaired) electrons. The Morgan fingerprint density at radius 1 is 1.43 bits per heavy atom. The van der Waals surface area contributed by atoms with Gasteiger partial charge in [0, 0.05) is 24.7 Å². The maximum Gasteiger partial charge on any atom is 0.410 e. The van der Waals surface area contributed by atoms with Crippen LogP contribution in [0.5, 0.6) is 0 Å². The molecule has 5 nitrogen and oxygen atoms in total. The lowest BCUT2D eigenvalue weighted by Crippen LogP contribution is -2.49. The molecule has 2 N–H and O–H groups in total. The van der Waals surface area contributed by atoms with Crippen LogP contribution >= 0.6 is 0 Å². The summed E-state index contributed by atoms with van der Waals surface area (Å²) in [7, 11) is 0. The van der Waals surface area contributed by atoms with Crippen LogP contribution in [0.2, 0.25) is 0 Å². The lowest BCUT2D eigenvalue weighted by molar-refractivity contribution is 0.0207. The van der Waals surface area contributed by atoms with Gasteiger partial charge in [-0.05, 0) is 59.8 Å². The highest BCUT2D eigenvalue weighted by Crippen LogP contribution is 2.25. The first kappa shape index (κ1) is 16.6. The topological polar surface area (TPSA) is 61.8 Å². The number of aliphatic hydroxyl groups is 1. The average Bonchev–Trinajstić information content (AvgIpc) is 2.72. The normalized spacial score (nSPS) is 30.9. The summed E-state index contributed by atoms with van der Waals surface area (Å²) in [5.74, 6) is 0. The molecule has 1 saturated heterocycles. The summed E-state index contributed by atoms with van der Waals surface area (Å²) in [6.45, 7) is 8.68. The van der Waals surface area contributed by atoms with Gasteiger partial charge >= 0.3 is 6.09 Å². The third-order valence-electron chi connectivity index (χ3n) is 4.26. The van der Waals surface area contributed by atoms with Gasteiger partial charge in [0.25, 0.3) is 0 Å². The molecule has 2 rings (SSSR count). The Labute approximate surface area is 128 Å². The summed E-state index contributed by atoms with van der Waals surface area (Å²) in [6, 6.07) is 1.06. The van der Waals surface area contributed by atoms with E-state index in [2.05, 4.69) is 12.2 Å². The van der Waals surface area contributed by atoms with Crippen molar-refractivity contribution < 1.29 is 14.6 Å². The summed E-state index contributed by atoms with van der Waals surface area (Å²) >= 11 is 0. The molecule has 5 heteroatoms. The molecule has 1 amide bonds. The summed E-state index contributed by atoms with van der Waals surface area (Å²) < 4.78 is 5.49. The molecule has 0 aromatic carbocycles. The lowest BCUT2D eigenvalue weighted by Gasteiger charge is -2.36. The predicted octanol–water partition coefficient (Wildman–Crippen LogP) is 2.28. The Balaban J connectivity index is 1.79. The number of hydrogen-bond acceptors (Lipinski definition) is 4. The second-order valence-electron chi connectivity index (χ2n) is 7.60. The number of aliphatic hydroxyl groups excluding tert-OH is 1. The predicted molar refractivity (Wildman–Crippen MR) is 82.2 cm³/mol. The van der Waals surface area contributed by atoms with E-state index in [1.807, 2.05) is 25.7 Å². The maximum absolute atomic E-state index is 12.2. The van der Waals surface area contributed by atoms with Crippen molar-refractivity contribution >= 4 is 6.09 Å². The molecular formula is C16H30N2O3. The van der Waals surface area contributed by atoms with Crippen LogP contribution in [0.15, 0.2) is 0 Å². The molecule has 0 spiro atoms. The standard InChI is InChI=1S/C16H30N2O3/c1-11(17-12-9-14(19)10-12)8-13-6-5-7-18(13)15(20)21-16(2,3)4/h11-14,17,19H,5-10H2,1-4H3. The third-order valence-corrected chi connectivity index (χ3v) is 4.26. The van der Waals surface area contributed by atoms with Gasteiger partial charge in [-0.25, -0.2) is 4.79 Å². The zero-order chi connectivity index (χ0) is 15.6. The highest BCUT2D eigenvalue weighted by molar-refractivity contribution is 5.68. The number of rotatable bonds is 4. The van der Waals surface area contributed by atoms with Crippen LogP contribution in [0, 0.1) is 0 Å². The first-order chi connectivity index (χ1) is 9.74. The Kier molecular flexibility index (Phi) is 5.15. The third kappa shape index (κ3) is 4.85. The summed E-state index contributed by atoms with van der Waals surface area (Å²) in [5, 5.41) is 12.9. The largest absolute Gasteiger partial charge is 0.444 e. The van der Waals surface area contributed by atoms with Gasteiger partial charge in [-0.15, -0.1) is 0 Å². The number of likely N-dealkylation sites (tertiary alicyclic amines) is 1. The highest BCUT2D eigenvalue weighted by Gasteiger charge is 2.34. The summed E-state index contributed by atoms with van der Waals surface area (Å²) in [5.41, 5.74) is -0.434. The number of carbonyl (C=O) groups is 1. The molecule has 122 valence electrons. The minimum atomic E-state index is -0.434. The molecule has 1 aliphatic carbocycles. The van der Waals surface area contributed by atoms with Crippen molar-refractivity contribution in [2.24, 2.45) is 0 Å². The fourth-order valence-corrected chi connectivity index (χ4v) is 3.24. The van der Waals surface area contributed by atoms with Crippen LogP contribution in [-0.4, -0.2) is 52.5 Å². The number of hydrogen-bond donors (Lipinski definition) is 2. The SMILES string of the molecule is CC(CC1CCCN1C(=O)OC(C)(C)C)NC1CC(O)C1. The molecule has 0 aromatic rings. The van der Waals surface area contributed by atoms with Crippen LogP contribution in [0.4, 0.5) is 4.79 Å². The zero-order valence-corrected chi connectivity index (χ0v) is 13.8. The Hall–Kier alpha value is -0.810. The van der Waals surface area contributed by atoms with Crippen molar-refractivity contribution in [1.82, 2.24) is 10.2 Å². The molecule has 0 bridgehead atoms. The quantitative estimate of drug-likeness (QED) is 0.836. The monoisotopic (exact) mass is 298 g/mol. The van der Waals surface area contributed by atoms with Crippen LogP contribution in [-0.2, 0) is 4.74 Å². The molecule has 1 saturated carbocycles. The van der Waals surface area contributed by atoms with Gasteiger partial charge in [-0.3, -0.25) is 0 Å². The van der Waals surface area contributed by atoms with Crippen LogP contribution < -0.4 is 5.32 Å². The number of ether oxygens (including phenoxy) is 1. The van der Waals surface area contributed by atoms with E-state index in [9.17, 15) is 9.90 Å². The van der Waals surface area contributed by atoms with Crippen molar-refractivity contribution in [3.63, 3.8) is 0 Å². The van der Waals surface area contributed by atoms with Gasteiger partial charge in [0.05, 0.1) is 6.10 Å². The van der Waals surface area contributed by atoms with Crippen molar-refractivity contribution in [3.8, 4) is 0 Å². The van der Waals surface area contributed by atoms with Gasteiger partial charge in [-0.1, -0.05) is 0 Å². The summed E-state index contributed by atoms with van der Waals surface area (Å²) in [4.78, 5) is 14.1. The fraction of sp³-hybridized carbons (Fsp3) is 0.938. The minimum Gasteiger partial charge on any atom is -0.444 e. The van der Waals surface area contributed by atoms with Crippen LogP contribution in [0.3, 0.4) is 0 Å². The second kappa shape index (κ2) is 6.53.